The first-order valence-corrected chi connectivity index (χ1v) is 8.37. The first kappa shape index (κ1) is 17.2. The molecule has 2 rings (SSSR count). The van der Waals surface area contributed by atoms with Crippen LogP contribution in [0.4, 0.5) is 13.2 Å². The molecule has 1 fully saturated rings. The zero-order valence-electron chi connectivity index (χ0n) is 12.1. The first-order valence-electron chi connectivity index (χ1n) is 6.89. The van der Waals surface area contributed by atoms with Gasteiger partial charge >= 0.3 is 6.18 Å². The van der Waals surface area contributed by atoms with Gasteiger partial charge in [0.2, 0.25) is 10.0 Å². The summed E-state index contributed by atoms with van der Waals surface area (Å²) >= 11 is 0. The Balaban J connectivity index is 2.03. The topological polar surface area (TPSA) is 55.4 Å². The van der Waals surface area contributed by atoms with Gasteiger partial charge in [0.15, 0.2) is 0 Å². The predicted molar refractivity (Wildman–Crippen MR) is 75.0 cm³/mol. The molecule has 0 aromatic heterocycles. The monoisotopic (exact) mass is 337 g/mol. The van der Waals surface area contributed by atoms with Crippen molar-refractivity contribution in [2.24, 2.45) is 0 Å². The van der Waals surface area contributed by atoms with E-state index in [1.54, 1.807) is 0 Å². The molecule has 0 aliphatic carbocycles. The molecule has 0 radical (unpaired) electrons. The minimum atomic E-state index is -4.31. The van der Waals surface area contributed by atoms with Gasteiger partial charge in [0.1, 0.15) is 0 Å². The summed E-state index contributed by atoms with van der Waals surface area (Å²) in [6.45, 7) is 2.57. The molecule has 1 heterocycles. The van der Waals surface area contributed by atoms with Crippen molar-refractivity contribution in [2.75, 3.05) is 13.2 Å². The van der Waals surface area contributed by atoms with Gasteiger partial charge in [-0.2, -0.15) is 13.2 Å². The van der Waals surface area contributed by atoms with E-state index in [-0.39, 0.29) is 17.0 Å². The standard InChI is InChI=1S/C14H18F3NO3S/c1-13(7-2-8-21-13)10-18-22(19,20)12-5-3-11(4-6-12)9-14(15,16)17/h3-6,18H,2,7-10H2,1H3. The highest BCUT2D eigenvalue weighted by molar-refractivity contribution is 7.89. The number of halogens is 3. The Morgan fingerprint density at radius 1 is 1.27 bits per heavy atom. The van der Waals surface area contributed by atoms with Crippen molar-refractivity contribution in [3.8, 4) is 0 Å². The number of hydrogen-bond donors (Lipinski definition) is 1. The van der Waals surface area contributed by atoms with E-state index in [0.29, 0.717) is 6.61 Å². The Morgan fingerprint density at radius 2 is 1.91 bits per heavy atom. The molecule has 8 heteroatoms. The van der Waals surface area contributed by atoms with Crippen LogP contribution in [0, 0.1) is 0 Å². The third-order valence-corrected chi connectivity index (χ3v) is 4.99. The summed E-state index contributed by atoms with van der Waals surface area (Å²) in [5, 5.41) is 0. The molecule has 1 aliphatic heterocycles. The summed E-state index contributed by atoms with van der Waals surface area (Å²) in [6.07, 6.45) is -3.75. The van der Waals surface area contributed by atoms with E-state index in [1.165, 1.54) is 24.3 Å². The largest absolute Gasteiger partial charge is 0.393 e. The predicted octanol–water partition coefficient (Wildman–Crippen LogP) is 2.64. The lowest BCUT2D eigenvalue weighted by Gasteiger charge is -2.23. The van der Waals surface area contributed by atoms with Gasteiger partial charge in [0.25, 0.3) is 0 Å². The zero-order valence-corrected chi connectivity index (χ0v) is 12.9. The molecule has 1 aromatic rings. The minimum Gasteiger partial charge on any atom is -0.374 e. The molecular weight excluding hydrogens is 319 g/mol. The lowest BCUT2D eigenvalue weighted by atomic mass is 10.0. The Hall–Kier alpha value is -1.12. The highest BCUT2D eigenvalue weighted by Gasteiger charge is 2.31. The van der Waals surface area contributed by atoms with Crippen LogP contribution in [-0.2, 0) is 21.2 Å². The van der Waals surface area contributed by atoms with E-state index in [1.807, 2.05) is 6.92 Å². The summed E-state index contributed by atoms with van der Waals surface area (Å²) < 4.78 is 69.0. The van der Waals surface area contributed by atoms with Crippen LogP contribution >= 0.6 is 0 Å². The molecule has 0 saturated carbocycles. The highest BCUT2D eigenvalue weighted by atomic mass is 32.2. The van der Waals surface area contributed by atoms with Crippen LogP contribution in [0.25, 0.3) is 0 Å². The van der Waals surface area contributed by atoms with Crippen molar-refractivity contribution < 1.29 is 26.3 Å². The lowest BCUT2D eigenvalue weighted by Crippen LogP contribution is -2.40. The molecule has 0 bridgehead atoms. The van der Waals surface area contributed by atoms with E-state index >= 15 is 0 Å². The Bertz CT molecular complexity index is 605. The van der Waals surface area contributed by atoms with Gasteiger partial charge in [-0.15, -0.1) is 0 Å². The van der Waals surface area contributed by atoms with Crippen LogP contribution in [0.2, 0.25) is 0 Å². The SMILES string of the molecule is CC1(CNS(=O)(=O)c2ccc(CC(F)(F)F)cc2)CCCO1. The van der Waals surface area contributed by atoms with Crippen LogP contribution in [0.1, 0.15) is 25.3 Å². The second-order valence-electron chi connectivity index (χ2n) is 5.66. The van der Waals surface area contributed by atoms with Gasteiger partial charge in [0.05, 0.1) is 16.9 Å². The Morgan fingerprint density at radius 3 is 2.41 bits per heavy atom. The van der Waals surface area contributed by atoms with Crippen molar-refractivity contribution in [1.82, 2.24) is 4.72 Å². The second kappa shape index (κ2) is 6.17. The van der Waals surface area contributed by atoms with Gasteiger partial charge < -0.3 is 4.74 Å². The maximum absolute atomic E-state index is 12.3. The van der Waals surface area contributed by atoms with Crippen molar-refractivity contribution in [1.29, 1.82) is 0 Å². The second-order valence-corrected chi connectivity index (χ2v) is 7.43. The molecule has 124 valence electrons. The Labute approximate surface area is 127 Å². The van der Waals surface area contributed by atoms with Crippen LogP contribution in [0.15, 0.2) is 29.2 Å². The number of ether oxygens (including phenoxy) is 1. The smallest absolute Gasteiger partial charge is 0.374 e. The fourth-order valence-corrected chi connectivity index (χ4v) is 3.48. The van der Waals surface area contributed by atoms with E-state index in [4.69, 9.17) is 4.74 Å². The zero-order chi connectivity index (χ0) is 16.4. The minimum absolute atomic E-state index is 0.0255. The lowest BCUT2D eigenvalue weighted by molar-refractivity contribution is -0.127. The summed E-state index contributed by atoms with van der Waals surface area (Å²) in [5.74, 6) is 0. The van der Waals surface area contributed by atoms with E-state index < -0.39 is 28.2 Å². The molecule has 1 atom stereocenters. The van der Waals surface area contributed by atoms with E-state index in [9.17, 15) is 21.6 Å². The van der Waals surface area contributed by atoms with Crippen LogP contribution in [-0.4, -0.2) is 33.3 Å². The molecule has 1 N–H and O–H groups in total. The van der Waals surface area contributed by atoms with Gasteiger partial charge in [0, 0.05) is 13.2 Å². The van der Waals surface area contributed by atoms with E-state index in [2.05, 4.69) is 4.72 Å². The fraction of sp³-hybridized carbons (Fsp3) is 0.571. The summed E-state index contributed by atoms with van der Waals surface area (Å²) in [6, 6.07) is 4.72. The van der Waals surface area contributed by atoms with Gasteiger partial charge in [-0.1, -0.05) is 12.1 Å². The van der Waals surface area contributed by atoms with Crippen molar-refractivity contribution in [2.45, 2.75) is 42.9 Å². The summed E-state index contributed by atoms with van der Waals surface area (Å²) in [7, 11) is -3.76. The number of sulfonamides is 1. The molecule has 1 aliphatic rings. The molecular formula is C14H18F3NO3S. The number of benzene rings is 1. The fourth-order valence-electron chi connectivity index (χ4n) is 2.33. The maximum Gasteiger partial charge on any atom is 0.393 e. The quantitative estimate of drug-likeness (QED) is 0.899. The van der Waals surface area contributed by atoms with Crippen molar-refractivity contribution in [3.63, 3.8) is 0 Å². The third-order valence-electron chi connectivity index (χ3n) is 3.57. The van der Waals surface area contributed by atoms with Gasteiger partial charge in [-0.05, 0) is 37.5 Å². The van der Waals surface area contributed by atoms with E-state index in [0.717, 1.165) is 12.8 Å². The Kier molecular flexibility index (Phi) is 4.84. The molecule has 1 unspecified atom stereocenters. The first-order chi connectivity index (χ1) is 10.1. The molecule has 1 aromatic carbocycles. The van der Waals surface area contributed by atoms with Crippen LogP contribution in [0.5, 0.6) is 0 Å². The number of rotatable bonds is 5. The maximum atomic E-state index is 12.3. The molecule has 0 amide bonds. The normalized spacial score (nSPS) is 22.9. The number of alkyl halides is 3. The molecule has 4 nitrogen and oxygen atoms in total. The third kappa shape index (κ3) is 4.69. The van der Waals surface area contributed by atoms with Gasteiger partial charge in [-0.3, -0.25) is 0 Å². The van der Waals surface area contributed by atoms with Crippen molar-refractivity contribution in [3.05, 3.63) is 29.8 Å². The molecule has 22 heavy (non-hydrogen) atoms. The average molecular weight is 337 g/mol. The van der Waals surface area contributed by atoms with Crippen LogP contribution in [0.3, 0.4) is 0 Å². The average Bonchev–Trinajstić information content (AvgIpc) is 2.83. The highest BCUT2D eigenvalue weighted by Crippen LogP contribution is 2.25. The molecule has 1 saturated heterocycles. The number of hydrogen-bond acceptors (Lipinski definition) is 3. The number of nitrogens with one attached hydrogen (secondary N) is 1. The van der Waals surface area contributed by atoms with Crippen LogP contribution < -0.4 is 4.72 Å². The van der Waals surface area contributed by atoms with Gasteiger partial charge in [-0.25, -0.2) is 13.1 Å². The summed E-state index contributed by atoms with van der Waals surface area (Å²) in [4.78, 5) is -0.0555. The summed E-state index contributed by atoms with van der Waals surface area (Å²) in [5.41, 5.74) is -0.499. The van der Waals surface area contributed by atoms with Crippen molar-refractivity contribution >= 4 is 10.0 Å². The molecule has 0 spiro atoms.